The van der Waals surface area contributed by atoms with E-state index in [1.54, 1.807) is 6.07 Å². The molecule has 18 heavy (non-hydrogen) atoms. The zero-order valence-corrected chi connectivity index (χ0v) is 10.00. The first-order chi connectivity index (χ1) is 8.49. The van der Waals surface area contributed by atoms with Crippen LogP contribution in [-0.2, 0) is 0 Å². The molecule has 0 amide bonds. The molecule has 6 heteroatoms. The molecule has 0 aromatic heterocycles. The van der Waals surface area contributed by atoms with E-state index in [2.05, 4.69) is 0 Å². The second-order valence-corrected chi connectivity index (χ2v) is 4.40. The minimum Gasteiger partial charge on any atom is -0.391 e. The average Bonchev–Trinajstić information content (AvgIpc) is 2.75. The Labute approximate surface area is 104 Å². The van der Waals surface area contributed by atoms with Gasteiger partial charge in [0.15, 0.2) is 5.78 Å². The summed E-state index contributed by atoms with van der Waals surface area (Å²) < 4.78 is 0. The van der Waals surface area contributed by atoms with Gasteiger partial charge in [-0.2, -0.15) is 0 Å². The number of ketones is 1. The van der Waals surface area contributed by atoms with Crippen LogP contribution < -0.4 is 4.90 Å². The van der Waals surface area contributed by atoms with Gasteiger partial charge in [0.05, 0.1) is 16.6 Å². The molecule has 1 atom stereocenters. The van der Waals surface area contributed by atoms with E-state index in [4.69, 9.17) is 0 Å². The molecule has 0 bridgehead atoms. The number of rotatable bonds is 3. The summed E-state index contributed by atoms with van der Waals surface area (Å²) in [6.07, 6.45) is 0.263. The van der Waals surface area contributed by atoms with Gasteiger partial charge in [0.25, 0.3) is 5.69 Å². The van der Waals surface area contributed by atoms with Gasteiger partial charge in [0, 0.05) is 24.8 Å². The lowest BCUT2D eigenvalue weighted by Crippen LogP contribution is -2.21. The van der Waals surface area contributed by atoms with Crippen molar-refractivity contribution in [3.05, 3.63) is 33.9 Å². The standard InChI is InChI=1S/C12H14N2O4/c1-8(15)11-3-2-9(6-12(11)14(17)18)13-5-4-10(16)7-13/h2-3,6,10,16H,4-5,7H2,1H3. The van der Waals surface area contributed by atoms with Crippen molar-refractivity contribution in [3.63, 3.8) is 0 Å². The number of hydrogen-bond acceptors (Lipinski definition) is 5. The number of β-amino-alcohol motifs (C(OH)–C–C–N with tert-alkyl or cyclic N) is 1. The molecule has 1 N–H and O–H groups in total. The van der Waals surface area contributed by atoms with Crippen LogP contribution in [0.4, 0.5) is 11.4 Å². The third-order valence-corrected chi connectivity index (χ3v) is 3.09. The number of nitro groups is 1. The Balaban J connectivity index is 2.37. The molecule has 1 saturated heterocycles. The predicted octanol–water partition coefficient (Wildman–Crippen LogP) is 1.37. The van der Waals surface area contributed by atoms with Gasteiger partial charge in [-0.15, -0.1) is 0 Å². The van der Waals surface area contributed by atoms with Crippen LogP contribution in [0.2, 0.25) is 0 Å². The van der Waals surface area contributed by atoms with E-state index in [0.29, 0.717) is 25.2 Å². The lowest BCUT2D eigenvalue weighted by atomic mass is 10.1. The maximum absolute atomic E-state index is 11.3. The highest BCUT2D eigenvalue weighted by Crippen LogP contribution is 2.28. The van der Waals surface area contributed by atoms with Gasteiger partial charge in [-0.05, 0) is 25.5 Å². The summed E-state index contributed by atoms with van der Waals surface area (Å²) in [4.78, 5) is 23.6. The smallest absolute Gasteiger partial charge is 0.282 e. The van der Waals surface area contributed by atoms with E-state index < -0.39 is 11.0 Å². The molecule has 0 saturated carbocycles. The molecule has 2 rings (SSSR count). The minimum absolute atomic E-state index is 0.114. The number of carbonyl (C=O) groups is 1. The highest BCUT2D eigenvalue weighted by molar-refractivity contribution is 5.98. The first-order valence-electron chi connectivity index (χ1n) is 5.71. The molecule has 1 aromatic carbocycles. The van der Waals surface area contributed by atoms with Crippen molar-refractivity contribution in [2.24, 2.45) is 0 Å². The van der Waals surface area contributed by atoms with Crippen molar-refractivity contribution in [2.45, 2.75) is 19.4 Å². The maximum atomic E-state index is 11.3. The molecule has 6 nitrogen and oxygen atoms in total. The number of anilines is 1. The lowest BCUT2D eigenvalue weighted by molar-refractivity contribution is -0.385. The van der Waals surface area contributed by atoms with E-state index in [1.165, 1.54) is 19.1 Å². The summed E-state index contributed by atoms with van der Waals surface area (Å²) in [5, 5.41) is 20.4. The Morgan fingerprint density at radius 1 is 1.56 bits per heavy atom. The number of Topliss-reactive ketones (excluding diaryl/α,β-unsaturated/α-hetero) is 1. The summed E-state index contributed by atoms with van der Waals surface area (Å²) in [5.41, 5.74) is 0.605. The van der Waals surface area contributed by atoms with Crippen LogP contribution in [0.3, 0.4) is 0 Å². The predicted molar refractivity (Wildman–Crippen MR) is 65.9 cm³/mol. The monoisotopic (exact) mass is 250 g/mol. The van der Waals surface area contributed by atoms with Gasteiger partial charge in [0.1, 0.15) is 0 Å². The largest absolute Gasteiger partial charge is 0.391 e. The molecule has 1 heterocycles. The van der Waals surface area contributed by atoms with E-state index in [0.717, 1.165) is 0 Å². The number of hydrogen-bond donors (Lipinski definition) is 1. The number of nitrogens with zero attached hydrogens (tertiary/aromatic N) is 2. The van der Waals surface area contributed by atoms with Crippen LogP contribution in [0.25, 0.3) is 0 Å². The van der Waals surface area contributed by atoms with Crippen LogP contribution >= 0.6 is 0 Å². The summed E-state index contributed by atoms with van der Waals surface area (Å²) in [7, 11) is 0. The van der Waals surface area contributed by atoms with Crippen LogP contribution in [0.5, 0.6) is 0 Å². The van der Waals surface area contributed by atoms with Crippen LogP contribution in [-0.4, -0.2) is 35.0 Å². The highest BCUT2D eigenvalue weighted by atomic mass is 16.6. The van der Waals surface area contributed by atoms with Gasteiger partial charge in [-0.1, -0.05) is 0 Å². The summed E-state index contributed by atoms with van der Waals surface area (Å²) >= 11 is 0. The minimum atomic E-state index is -0.549. The number of carbonyl (C=O) groups excluding carboxylic acids is 1. The first kappa shape index (κ1) is 12.5. The Hall–Kier alpha value is -1.95. The number of aliphatic hydroxyl groups excluding tert-OH is 1. The molecule has 1 aromatic rings. The fraction of sp³-hybridized carbons (Fsp3) is 0.417. The lowest BCUT2D eigenvalue weighted by Gasteiger charge is -2.17. The number of aliphatic hydroxyl groups is 1. The van der Waals surface area contributed by atoms with Crippen molar-refractivity contribution >= 4 is 17.2 Å². The molecule has 1 aliphatic rings. The van der Waals surface area contributed by atoms with Crippen LogP contribution in [0.15, 0.2) is 18.2 Å². The van der Waals surface area contributed by atoms with Crippen molar-refractivity contribution in [3.8, 4) is 0 Å². The molecule has 0 aliphatic carbocycles. The summed E-state index contributed by atoms with van der Waals surface area (Å²) in [6, 6.07) is 4.55. The van der Waals surface area contributed by atoms with Crippen molar-refractivity contribution in [2.75, 3.05) is 18.0 Å². The zero-order valence-electron chi connectivity index (χ0n) is 10.00. The van der Waals surface area contributed by atoms with E-state index in [9.17, 15) is 20.0 Å². The number of benzene rings is 1. The van der Waals surface area contributed by atoms with Gasteiger partial charge >= 0.3 is 0 Å². The van der Waals surface area contributed by atoms with Gasteiger partial charge in [0.2, 0.25) is 0 Å². The van der Waals surface area contributed by atoms with Crippen molar-refractivity contribution in [1.29, 1.82) is 0 Å². The zero-order chi connectivity index (χ0) is 13.3. The molecular formula is C12H14N2O4. The van der Waals surface area contributed by atoms with Crippen molar-refractivity contribution in [1.82, 2.24) is 0 Å². The Kier molecular flexibility index (Phi) is 3.29. The second kappa shape index (κ2) is 4.73. The molecule has 0 radical (unpaired) electrons. The topological polar surface area (TPSA) is 83.7 Å². The first-order valence-corrected chi connectivity index (χ1v) is 5.71. The van der Waals surface area contributed by atoms with E-state index >= 15 is 0 Å². The normalized spacial score (nSPS) is 19.0. The van der Waals surface area contributed by atoms with Crippen molar-refractivity contribution < 1.29 is 14.8 Å². The summed E-state index contributed by atoms with van der Waals surface area (Å²) in [5.74, 6) is -0.324. The molecule has 1 fully saturated rings. The SMILES string of the molecule is CC(=O)c1ccc(N2CCC(O)C2)cc1[N+](=O)[O-]. The van der Waals surface area contributed by atoms with Crippen LogP contribution in [0, 0.1) is 10.1 Å². The Morgan fingerprint density at radius 2 is 2.28 bits per heavy atom. The fourth-order valence-corrected chi connectivity index (χ4v) is 2.14. The summed E-state index contributed by atoms with van der Waals surface area (Å²) in [6.45, 7) is 2.44. The fourth-order valence-electron chi connectivity index (χ4n) is 2.14. The van der Waals surface area contributed by atoms with E-state index in [-0.39, 0.29) is 17.0 Å². The second-order valence-electron chi connectivity index (χ2n) is 4.40. The molecule has 1 aliphatic heterocycles. The molecule has 0 spiro atoms. The molecule has 1 unspecified atom stereocenters. The van der Waals surface area contributed by atoms with Gasteiger partial charge in [-0.25, -0.2) is 0 Å². The third kappa shape index (κ3) is 2.33. The van der Waals surface area contributed by atoms with Gasteiger partial charge in [-0.3, -0.25) is 14.9 Å². The van der Waals surface area contributed by atoms with E-state index in [1.807, 2.05) is 4.90 Å². The molecule has 96 valence electrons. The quantitative estimate of drug-likeness (QED) is 0.497. The maximum Gasteiger partial charge on any atom is 0.282 e. The Bertz CT molecular complexity index is 501. The van der Waals surface area contributed by atoms with Gasteiger partial charge < -0.3 is 10.0 Å². The average molecular weight is 250 g/mol. The van der Waals surface area contributed by atoms with Crippen LogP contribution in [0.1, 0.15) is 23.7 Å². The molecular weight excluding hydrogens is 236 g/mol. The number of nitro benzene ring substituents is 1. The Morgan fingerprint density at radius 3 is 2.78 bits per heavy atom. The highest BCUT2D eigenvalue weighted by Gasteiger charge is 2.24. The third-order valence-electron chi connectivity index (χ3n) is 3.09.